The third-order valence-electron chi connectivity index (χ3n) is 6.07. The van der Waals surface area contributed by atoms with E-state index in [1.54, 1.807) is 6.20 Å². The maximum Gasteiger partial charge on any atom is 0.337 e. The van der Waals surface area contributed by atoms with Gasteiger partial charge in [-0.2, -0.15) is 0 Å². The first-order valence-electron chi connectivity index (χ1n) is 9.96. The van der Waals surface area contributed by atoms with Gasteiger partial charge >= 0.3 is 5.97 Å². The van der Waals surface area contributed by atoms with Crippen molar-refractivity contribution in [1.29, 1.82) is 0 Å². The van der Waals surface area contributed by atoms with E-state index >= 15 is 0 Å². The molecule has 4 N–H and O–H groups in total. The highest BCUT2D eigenvalue weighted by molar-refractivity contribution is 5.85. The van der Waals surface area contributed by atoms with E-state index in [0.717, 1.165) is 24.3 Å². The molecule has 5 nitrogen and oxygen atoms in total. The second-order valence-electron chi connectivity index (χ2n) is 8.83. The number of nitrogens with two attached hydrogens (primary N) is 1. The van der Waals surface area contributed by atoms with Crippen LogP contribution in [0.4, 0.5) is 0 Å². The summed E-state index contributed by atoms with van der Waals surface area (Å²) < 4.78 is 0. The van der Waals surface area contributed by atoms with Crippen LogP contribution in [-0.4, -0.2) is 32.8 Å². The molecule has 0 amide bonds. The molecule has 0 bridgehead atoms. The largest absolute Gasteiger partial charge is 0.479 e. The molecule has 7 heteroatoms. The van der Waals surface area contributed by atoms with Gasteiger partial charge < -0.3 is 15.9 Å². The molecule has 0 aliphatic heterocycles. The van der Waals surface area contributed by atoms with Crippen LogP contribution in [0.1, 0.15) is 62.8 Å². The first-order chi connectivity index (χ1) is 12.3. The van der Waals surface area contributed by atoms with Gasteiger partial charge in [0.05, 0.1) is 0 Å². The van der Waals surface area contributed by atoms with Gasteiger partial charge in [-0.25, -0.2) is 4.79 Å². The van der Waals surface area contributed by atoms with Crippen LogP contribution in [0, 0.1) is 17.8 Å². The zero-order valence-electron chi connectivity index (χ0n) is 16.8. The van der Waals surface area contributed by atoms with Crippen LogP contribution >= 0.6 is 24.8 Å². The number of carboxylic acid groups (broad SMARTS) is 1. The molecule has 3 rings (SSSR count). The number of aliphatic hydroxyl groups is 1. The predicted octanol–water partition coefficient (Wildman–Crippen LogP) is 3.56. The van der Waals surface area contributed by atoms with E-state index in [4.69, 9.17) is 5.73 Å². The summed E-state index contributed by atoms with van der Waals surface area (Å²) in [5, 5.41) is 20.5. The number of nitrogens with zero attached hydrogens (tertiary/aromatic N) is 1. The van der Waals surface area contributed by atoms with Crippen LogP contribution in [-0.2, 0) is 24.1 Å². The number of halogens is 2. The fraction of sp³-hybridized carbons (Fsp3) is 0.714. The van der Waals surface area contributed by atoms with E-state index in [2.05, 4.69) is 4.98 Å². The van der Waals surface area contributed by atoms with Crippen LogP contribution < -0.4 is 5.73 Å². The van der Waals surface area contributed by atoms with Crippen molar-refractivity contribution in [2.45, 2.75) is 76.9 Å². The molecule has 1 unspecified atom stereocenters. The van der Waals surface area contributed by atoms with Crippen LogP contribution in [0.15, 0.2) is 12.3 Å². The van der Waals surface area contributed by atoms with Crippen molar-refractivity contribution in [1.82, 2.24) is 4.98 Å². The molecule has 1 heterocycles. The summed E-state index contributed by atoms with van der Waals surface area (Å²) in [7, 11) is 0. The number of fused-ring (bicyclic) bond motifs is 1. The zero-order chi connectivity index (χ0) is 18.9. The summed E-state index contributed by atoms with van der Waals surface area (Å²) in [6.45, 7) is 3.95. The second kappa shape index (κ2) is 10.2. The highest BCUT2D eigenvalue weighted by Gasteiger charge is 2.44. The molecule has 0 radical (unpaired) electrons. The van der Waals surface area contributed by atoms with Gasteiger partial charge in [-0.05, 0) is 60.6 Å². The Hall–Kier alpha value is -0.880. The van der Waals surface area contributed by atoms with Crippen molar-refractivity contribution in [3.63, 3.8) is 0 Å². The number of aromatic nitrogens is 1. The highest BCUT2D eigenvalue weighted by Crippen LogP contribution is 2.38. The van der Waals surface area contributed by atoms with E-state index in [-0.39, 0.29) is 37.2 Å². The molecule has 2 aliphatic rings. The van der Waals surface area contributed by atoms with Gasteiger partial charge in [0.1, 0.15) is 0 Å². The Morgan fingerprint density at radius 3 is 2.46 bits per heavy atom. The molecule has 0 aromatic carbocycles. The Balaban J connectivity index is 0.00000196. The molecule has 0 spiro atoms. The lowest BCUT2D eigenvalue weighted by atomic mass is 9.83. The number of carbonyl (C=O) groups is 1. The van der Waals surface area contributed by atoms with Crippen molar-refractivity contribution in [3.8, 4) is 0 Å². The standard InChI is InChI=1S/C21H32N2O3.2ClH/c1-13(2)9-19(22)21(26,20(24)25)12-18-17-11-15(6-5-14-3-4-14)10-16(17)7-8-23-18;;/h7-8,13-15,19,26H,3-6,9-12,22H2,1-2H3,(H,24,25);2*1H/t15-,19-,21?;;/m0../s1. The molecule has 1 saturated carbocycles. The first-order valence-corrected chi connectivity index (χ1v) is 9.96. The summed E-state index contributed by atoms with van der Waals surface area (Å²) in [6.07, 6.45) is 9.47. The molecule has 28 heavy (non-hydrogen) atoms. The summed E-state index contributed by atoms with van der Waals surface area (Å²) >= 11 is 0. The van der Waals surface area contributed by atoms with Crippen molar-refractivity contribution in [2.75, 3.05) is 0 Å². The summed E-state index contributed by atoms with van der Waals surface area (Å²) in [5.41, 5.74) is 7.25. The van der Waals surface area contributed by atoms with Gasteiger partial charge in [0.15, 0.2) is 5.60 Å². The quantitative estimate of drug-likeness (QED) is 0.553. The average molecular weight is 433 g/mol. The Bertz CT molecular complexity index is 667. The maximum atomic E-state index is 11.8. The van der Waals surface area contributed by atoms with Gasteiger partial charge in [0.25, 0.3) is 0 Å². The minimum absolute atomic E-state index is 0. The van der Waals surface area contributed by atoms with Gasteiger partial charge in [0.2, 0.25) is 0 Å². The second-order valence-corrected chi connectivity index (χ2v) is 8.83. The predicted molar refractivity (Wildman–Crippen MR) is 115 cm³/mol. The van der Waals surface area contributed by atoms with Crippen LogP contribution in [0.5, 0.6) is 0 Å². The Labute approximate surface area is 180 Å². The number of aliphatic carboxylic acids is 1. The number of hydrogen-bond acceptors (Lipinski definition) is 4. The van der Waals surface area contributed by atoms with Gasteiger partial charge in [0, 0.05) is 24.4 Å². The monoisotopic (exact) mass is 432 g/mol. The maximum absolute atomic E-state index is 11.8. The molecule has 2 aliphatic carbocycles. The fourth-order valence-corrected chi connectivity index (χ4v) is 4.25. The average Bonchev–Trinajstić information content (AvgIpc) is 3.30. The number of rotatable bonds is 9. The van der Waals surface area contributed by atoms with Gasteiger partial charge in [-0.3, -0.25) is 4.98 Å². The van der Waals surface area contributed by atoms with E-state index in [1.165, 1.54) is 31.2 Å². The van der Waals surface area contributed by atoms with Gasteiger partial charge in [-0.1, -0.05) is 33.1 Å². The van der Waals surface area contributed by atoms with Crippen LogP contribution in [0.25, 0.3) is 0 Å². The third-order valence-corrected chi connectivity index (χ3v) is 6.07. The summed E-state index contributed by atoms with van der Waals surface area (Å²) in [5.74, 6) is 0.517. The number of pyridine rings is 1. The van der Waals surface area contributed by atoms with Crippen molar-refractivity contribution < 1.29 is 15.0 Å². The summed E-state index contributed by atoms with van der Waals surface area (Å²) in [6, 6.07) is 1.23. The first kappa shape index (κ1) is 25.2. The fourth-order valence-electron chi connectivity index (χ4n) is 4.25. The molecule has 0 saturated heterocycles. The Morgan fingerprint density at radius 2 is 1.89 bits per heavy atom. The Kier molecular flexibility index (Phi) is 9.20. The minimum atomic E-state index is -1.97. The topological polar surface area (TPSA) is 96.4 Å². The van der Waals surface area contributed by atoms with E-state index in [9.17, 15) is 15.0 Å². The molecule has 160 valence electrons. The molecule has 1 fully saturated rings. The van der Waals surface area contributed by atoms with Crippen molar-refractivity contribution in [2.24, 2.45) is 23.5 Å². The van der Waals surface area contributed by atoms with E-state index < -0.39 is 17.6 Å². The molecule has 1 aromatic rings. The molecule has 1 aromatic heterocycles. The van der Waals surface area contributed by atoms with Crippen LogP contribution in [0.2, 0.25) is 0 Å². The lowest BCUT2D eigenvalue weighted by Gasteiger charge is -2.31. The third kappa shape index (κ3) is 5.82. The normalized spacial score (nSPS) is 21.2. The van der Waals surface area contributed by atoms with Crippen molar-refractivity contribution in [3.05, 3.63) is 29.1 Å². The molecular weight excluding hydrogens is 399 g/mol. The number of hydrogen-bond donors (Lipinski definition) is 3. The lowest BCUT2D eigenvalue weighted by Crippen LogP contribution is -2.56. The minimum Gasteiger partial charge on any atom is -0.479 e. The van der Waals surface area contributed by atoms with Crippen LogP contribution in [0.3, 0.4) is 0 Å². The highest BCUT2D eigenvalue weighted by atomic mass is 35.5. The summed E-state index contributed by atoms with van der Waals surface area (Å²) in [4.78, 5) is 16.3. The van der Waals surface area contributed by atoms with Crippen molar-refractivity contribution >= 4 is 30.8 Å². The SMILES string of the molecule is CC(C)C[C@H](N)C(O)(Cc1nccc2c1C[C@@H](CCC1CC1)C2)C(=O)O.Cl.Cl. The zero-order valence-corrected chi connectivity index (χ0v) is 18.4. The van der Waals surface area contributed by atoms with Gasteiger partial charge in [-0.15, -0.1) is 24.8 Å². The molecule has 3 atom stereocenters. The Morgan fingerprint density at radius 1 is 1.25 bits per heavy atom. The van der Waals surface area contributed by atoms with E-state index in [1.807, 2.05) is 19.9 Å². The smallest absolute Gasteiger partial charge is 0.337 e. The number of carboxylic acids is 1. The van der Waals surface area contributed by atoms with E-state index in [0.29, 0.717) is 18.0 Å². The molecular formula is C21H34Cl2N2O3. The lowest BCUT2D eigenvalue weighted by molar-refractivity contribution is -0.161.